The van der Waals surface area contributed by atoms with Crippen LogP contribution in [0.5, 0.6) is 0 Å². The van der Waals surface area contributed by atoms with E-state index in [1.807, 2.05) is 26.0 Å². The van der Waals surface area contributed by atoms with Crippen molar-refractivity contribution < 1.29 is 9.63 Å². The van der Waals surface area contributed by atoms with Gasteiger partial charge in [0.1, 0.15) is 0 Å². The molecule has 17 heavy (non-hydrogen) atoms. The van der Waals surface area contributed by atoms with Crippen LogP contribution in [0.15, 0.2) is 30.3 Å². The average Bonchev–Trinajstić information content (AvgIpc) is 2.26. The van der Waals surface area contributed by atoms with Gasteiger partial charge in [0.2, 0.25) is 0 Å². The monoisotopic (exact) mass is 253 g/mol. The highest BCUT2D eigenvalue weighted by atomic mass is 35.5. The van der Waals surface area contributed by atoms with E-state index >= 15 is 0 Å². The first-order valence-electron chi connectivity index (χ1n) is 5.43. The van der Waals surface area contributed by atoms with Crippen LogP contribution in [0.3, 0.4) is 0 Å². The maximum absolute atomic E-state index is 11.3. The fourth-order valence-corrected chi connectivity index (χ4v) is 1.29. The van der Waals surface area contributed by atoms with E-state index in [4.69, 9.17) is 16.4 Å². The van der Waals surface area contributed by atoms with E-state index in [1.54, 1.807) is 18.2 Å². The van der Waals surface area contributed by atoms with Gasteiger partial charge < -0.3 is 0 Å². The molecule has 1 aromatic carbocycles. The van der Waals surface area contributed by atoms with E-state index in [0.717, 1.165) is 5.56 Å². The molecule has 0 aliphatic heterocycles. The first-order chi connectivity index (χ1) is 8.08. The number of hydrogen-bond acceptors (Lipinski definition) is 2. The molecule has 92 valence electrons. The summed E-state index contributed by atoms with van der Waals surface area (Å²) in [6.45, 7) is 4.51. The summed E-state index contributed by atoms with van der Waals surface area (Å²) >= 11 is 5.82. The van der Waals surface area contributed by atoms with Crippen molar-refractivity contribution in [2.75, 3.05) is 6.61 Å². The molecule has 0 heterocycles. The largest absolute Gasteiger partial charge is 0.273 e. The number of hydrogen-bond donors (Lipinski definition) is 1. The van der Waals surface area contributed by atoms with Crippen LogP contribution in [-0.2, 0) is 9.63 Å². The van der Waals surface area contributed by atoms with E-state index in [1.165, 1.54) is 6.08 Å². The Morgan fingerprint density at radius 2 is 2.29 bits per heavy atom. The summed E-state index contributed by atoms with van der Waals surface area (Å²) in [7, 11) is 0. The highest BCUT2D eigenvalue weighted by molar-refractivity contribution is 6.30. The second kappa shape index (κ2) is 7.09. The zero-order chi connectivity index (χ0) is 12.7. The third kappa shape index (κ3) is 6.09. The van der Waals surface area contributed by atoms with Crippen molar-refractivity contribution in [3.8, 4) is 0 Å². The number of halogens is 1. The lowest BCUT2D eigenvalue weighted by Crippen LogP contribution is -2.23. The minimum atomic E-state index is -0.286. The first-order valence-corrected chi connectivity index (χ1v) is 5.81. The topological polar surface area (TPSA) is 38.3 Å². The molecule has 0 saturated carbocycles. The van der Waals surface area contributed by atoms with Crippen molar-refractivity contribution in [1.29, 1.82) is 0 Å². The predicted molar refractivity (Wildman–Crippen MR) is 69.4 cm³/mol. The van der Waals surface area contributed by atoms with E-state index in [9.17, 15) is 4.79 Å². The van der Waals surface area contributed by atoms with Crippen LogP contribution in [0, 0.1) is 5.92 Å². The molecule has 1 amide bonds. The number of amides is 1. The highest BCUT2D eigenvalue weighted by Crippen LogP contribution is 2.11. The van der Waals surface area contributed by atoms with Crippen LogP contribution < -0.4 is 5.48 Å². The quantitative estimate of drug-likeness (QED) is 0.647. The molecule has 0 saturated heterocycles. The second-order valence-electron chi connectivity index (χ2n) is 4.06. The Morgan fingerprint density at radius 1 is 1.53 bits per heavy atom. The summed E-state index contributed by atoms with van der Waals surface area (Å²) in [5.41, 5.74) is 3.21. The summed E-state index contributed by atoms with van der Waals surface area (Å²) < 4.78 is 0. The van der Waals surface area contributed by atoms with Crippen LogP contribution in [0.1, 0.15) is 19.4 Å². The van der Waals surface area contributed by atoms with E-state index < -0.39 is 0 Å². The molecule has 1 N–H and O–H groups in total. The van der Waals surface area contributed by atoms with Gasteiger partial charge in [0, 0.05) is 11.1 Å². The Balaban J connectivity index is 2.40. The van der Waals surface area contributed by atoms with Crippen molar-refractivity contribution in [1.82, 2.24) is 5.48 Å². The van der Waals surface area contributed by atoms with Crippen LogP contribution in [-0.4, -0.2) is 12.5 Å². The third-order valence-corrected chi connectivity index (χ3v) is 2.10. The highest BCUT2D eigenvalue weighted by Gasteiger charge is 1.97. The van der Waals surface area contributed by atoms with Crippen LogP contribution >= 0.6 is 11.6 Å². The smallest absolute Gasteiger partial charge is 0.267 e. The molecule has 0 radical (unpaired) electrons. The zero-order valence-corrected chi connectivity index (χ0v) is 10.7. The molecule has 4 heteroatoms. The molecular weight excluding hydrogens is 238 g/mol. The zero-order valence-electron chi connectivity index (χ0n) is 9.94. The van der Waals surface area contributed by atoms with Gasteiger partial charge in [-0.05, 0) is 29.7 Å². The van der Waals surface area contributed by atoms with Gasteiger partial charge in [0.15, 0.2) is 0 Å². The molecule has 0 fully saturated rings. The predicted octanol–water partition coefficient (Wildman–Crippen LogP) is 3.06. The summed E-state index contributed by atoms with van der Waals surface area (Å²) in [4.78, 5) is 16.3. The van der Waals surface area contributed by atoms with Crippen LogP contribution in [0.2, 0.25) is 5.02 Å². The number of carbonyl (C=O) groups excluding carboxylic acids is 1. The Morgan fingerprint density at radius 3 is 2.94 bits per heavy atom. The number of nitrogens with one attached hydrogen (secondary N) is 1. The Hall–Kier alpha value is -1.32. The van der Waals surface area contributed by atoms with Gasteiger partial charge in [-0.1, -0.05) is 37.6 Å². The van der Waals surface area contributed by atoms with Gasteiger partial charge in [-0.15, -0.1) is 0 Å². The lowest BCUT2D eigenvalue weighted by atomic mass is 10.2. The van der Waals surface area contributed by atoms with Gasteiger partial charge in [-0.3, -0.25) is 9.63 Å². The SMILES string of the molecule is CC(C)CONC(=O)/C=C/c1cccc(Cl)c1. The van der Waals surface area contributed by atoms with Crippen molar-refractivity contribution in [3.63, 3.8) is 0 Å². The summed E-state index contributed by atoms with van der Waals surface area (Å²) in [5.74, 6) is 0.0952. The molecule has 0 unspecified atom stereocenters. The molecule has 0 aliphatic carbocycles. The molecule has 0 spiro atoms. The van der Waals surface area contributed by atoms with Gasteiger partial charge in [-0.2, -0.15) is 0 Å². The van der Waals surface area contributed by atoms with E-state index in [0.29, 0.717) is 17.5 Å². The summed E-state index contributed by atoms with van der Waals surface area (Å²) in [6, 6.07) is 7.25. The normalized spacial score (nSPS) is 11.1. The molecule has 3 nitrogen and oxygen atoms in total. The lowest BCUT2D eigenvalue weighted by Gasteiger charge is -2.05. The lowest BCUT2D eigenvalue weighted by molar-refractivity contribution is -0.129. The van der Waals surface area contributed by atoms with Crippen molar-refractivity contribution in [2.45, 2.75) is 13.8 Å². The maximum Gasteiger partial charge on any atom is 0.267 e. The van der Waals surface area contributed by atoms with Crippen molar-refractivity contribution in [2.24, 2.45) is 5.92 Å². The van der Waals surface area contributed by atoms with Crippen molar-refractivity contribution >= 4 is 23.6 Å². The Bertz CT molecular complexity index is 402. The standard InChI is InChI=1S/C13H16ClNO2/c1-10(2)9-17-15-13(16)7-6-11-4-3-5-12(14)8-11/h3-8,10H,9H2,1-2H3,(H,15,16)/b7-6+. The maximum atomic E-state index is 11.3. The molecule has 0 bridgehead atoms. The minimum absolute atomic E-state index is 0.286. The molecule has 0 aliphatic rings. The fourth-order valence-electron chi connectivity index (χ4n) is 1.10. The molecule has 1 rings (SSSR count). The average molecular weight is 254 g/mol. The summed E-state index contributed by atoms with van der Waals surface area (Å²) in [6.07, 6.45) is 3.09. The molecule has 0 atom stereocenters. The van der Waals surface area contributed by atoms with Gasteiger partial charge in [0.05, 0.1) is 6.61 Å². The molecule has 1 aromatic rings. The second-order valence-corrected chi connectivity index (χ2v) is 4.50. The van der Waals surface area contributed by atoms with Gasteiger partial charge >= 0.3 is 0 Å². The Kier molecular flexibility index (Phi) is 5.73. The number of hydroxylamine groups is 1. The van der Waals surface area contributed by atoms with Crippen LogP contribution in [0.25, 0.3) is 6.08 Å². The number of benzene rings is 1. The summed E-state index contributed by atoms with van der Waals surface area (Å²) in [5, 5.41) is 0.642. The number of carbonyl (C=O) groups is 1. The number of rotatable bonds is 5. The first kappa shape index (κ1) is 13.7. The fraction of sp³-hybridized carbons (Fsp3) is 0.308. The van der Waals surface area contributed by atoms with Gasteiger partial charge in [-0.25, -0.2) is 5.48 Å². The van der Waals surface area contributed by atoms with E-state index in [-0.39, 0.29) is 5.91 Å². The van der Waals surface area contributed by atoms with Crippen LogP contribution in [0.4, 0.5) is 0 Å². The third-order valence-electron chi connectivity index (χ3n) is 1.87. The van der Waals surface area contributed by atoms with E-state index in [2.05, 4.69) is 5.48 Å². The minimum Gasteiger partial charge on any atom is -0.273 e. The molecular formula is C13H16ClNO2. The van der Waals surface area contributed by atoms with Gasteiger partial charge in [0.25, 0.3) is 5.91 Å². The Labute approximate surface area is 106 Å². The molecule has 0 aromatic heterocycles. The van der Waals surface area contributed by atoms with Crippen molar-refractivity contribution in [3.05, 3.63) is 40.9 Å².